The molecule has 0 heterocycles. The van der Waals surface area contributed by atoms with Crippen LogP contribution in [0.2, 0.25) is 0 Å². The van der Waals surface area contributed by atoms with E-state index in [1.54, 1.807) is 12.1 Å². The maximum absolute atomic E-state index is 12.5. The van der Waals surface area contributed by atoms with Crippen molar-refractivity contribution in [2.75, 3.05) is 0 Å². The van der Waals surface area contributed by atoms with Crippen molar-refractivity contribution < 1.29 is 13.2 Å². The van der Waals surface area contributed by atoms with Crippen LogP contribution in [0, 0.1) is 11.8 Å². The van der Waals surface area contributed by atoms with E-state index >= 15 is 0 Å². The van der Waals surface area contributed by atoms with Crippen molar-refractivity contribution in [1.29, 1.82) is 0 Å². The van der Waals surface area contributed by atoms with E-state index in [-0.39, 0.29) is 0 Å². The molecule has 0 bridgehead atoms. The highest BCUT2D eigenvalue weighted by Crippen LogP contribution is 2.39. The largest absolute Gasteiger partial charge is 0.416 e. The molecule has 2 rings (SSSR count). The minimum Gasteiger partial charge on any atom is -0.166 e. The lowest BCUT2D eigenvalue weighted by Gasteiger charge is -2.19. The van der Waals surface area contributed by atoms with Gasteiger partial charge in [-0.2, -0.15) is 13.2 Å². The van der Waals surface area contributed by atoms with Gasteiger partial charge in [-0.25, -0.2) is 0 Å². The number of benzene rings is 1. The molecule has 3 heteroatoms. The second kappa shape index (κ2) is 4.79. The van der Waals surface area contributed by atoms with Crippen molar-refractivity contribution in [3.8, 4) is 0 Å². The molecule has 0 saturated carbocycles. The maximum atomic E-state index is 12.5. The second-order valence-corrected chi connectivity index (χ2v) is 5.16. The van der Waals surface area contributed by atoms with Gasteiger partial charge in [0.25, 0.3) is 0 Å². The minimum absolute atomic E-state index is 0.474. The number of alkyl halides is 3. The van der Waals surface area contributed by atoms with Gasteiger partial charge in [-0.3, -0.25) is 0 Å². The van der Waals surface area contributed by atoms with Gasteiger partial charge in [0.1, 0.15) is 0 Å². The third-order valence-corrected chi connectivity index (χ3v) is 3.59. The zero-order valence-corrected chi connectivity index (χ0v) is 10.6. The summed E-state index contributed by atoms with van der Waals surface area (Å²) in [6.45, 7) is 4.32. The topological polar surface area (TPSA) is 0 Å². The monoisotopic (exact) mass is 254 g/mol. The lowest BCUT2D eigenvalue weighted by Crippen LogP contribution is -2.08. The van der Waals surface area contributed by atoms with E-state index in [1.165, 1.54) is 17.7 Å². The molecule has 0 spiro atoms. The van der Waals surface area contributed by atoms with Crippen molar-refractivity contribution in [2.45, 2.75) is 32.9 Å². The summed E-state index contributed by atoms with van der Waals surface area (Å²) in [5.74, 6) is 1.00. The Bertz CT molecular complexity index is 438. The van der Waals surface area contributed by atoms with E-state index in [2.05, 4.69) is 19.9 Å². The van der Waals surface area contributed by atoms with Crippen LogP contribution in [-0.2, 0) is 6.18 Å². The fourth-order valence-electron chi connectivity index (χ4n) is 2.60. The molecular weight excluding hydrogens is 237 g/mol. The molecule has 0 radical (unpaired) electrons. The highest BCUT2D eigenvalue weighted by molar-refractivity contribution is 5.69. The Morgan fingerprint density at radius 2 is 1.72 bits per heavy atom. The molecule has 1 unspecified atom stereocenters. The molecule has 0 N–H and O–H groups in total. The fourth-order valence-corrected chi connectivity index (χ4v) is 2.60. The first-order valence-electron chi connectivity index (χ1n) is 6.27. The van der Waals surface area contributed by atoms with E-state index in [4.69, 9.17) is 0 Å². The number of rotatable bonds is 2. The number of halogens is 3. The van der Waals surface area contributed by atoms with Gasteiger partial charge < -0.3 is 0 Å². The maximum Gasteiger partial charge on any atom is 0.416 e. The highest BCUT2D eigenvalue weighted by Gasteiger charge is 2.30. The summed E-state index contributed by atoms with van der Waals surface area (Å²) in [7, 11) is 0. The predicted octanol–water partition coefficient (Wildman–Crippen LogP) is 5.15. The first-order valence-corrected chi connectivity index (χ1v) is 6.27. The van der Waals surface area contributed by atoms with Crippen LogP contribution >= 0.6 is 0 Å². The van der Waals surface area contributed by atoms with Crippen LogP contribution < -0.4 is 0 Å². The predicted molar refractivity (Wildman–Crippen MR) is 67.0 cm³/mol. The zero-order chi connectivity index (χ0) is 13.3. The Labute approximate surface area is 106 Å². The molecule has 0 nitrogen and oxygen atoms in total. The lowest BCUT2D eigenvalue weighted by molar-refractivity contribution is -0.137. The van der Waals surface area contributed by atoms with Gasteiger partial charge in [0, 0.05) is 0 Å². The van der Waals surface area contributed by atoms with Gasteiger partial charge in [0.05, 0.1) is 5.56 Å². The minimum atomic E-state index is -4.25. The van der Waals surface area contributed by atoms with Gasteiger partial charge in [0.15, 0.2) is 0 Å². The molecule has 1 aliphatic rings. The SMILES string of the molecule is CC(C)C1CCC=C1c1ccc(C(F)(F)F)cc1. The van der Waals surface area contributed by atoms with Crippen LogP contribution in [-0.4, -0.2) is 0 Å². The molecular formula is C15H17F3. The average Bonchev–Trinajstić information content (AvgIpc) is 2.77. The molecule has 1 aromatic carbocycles. The Hall–Kier alpha value is -1.25. The number of hydrogen-bond acceptors (Lipinski definition) is 0. The average molecular weight is 254 g/mol. The number of hydrogen-bond donors (Lipinski definition) is 0. The molecule has 1 aliphatic carbocycles. The summed E-state index contributed by atoms with van der Waals surface area (Å²) in [4.78, 5) is 0. The van der Waals surface area contributed by atoms with Crippen LogP contribution in [0.15, 0.2) is 30.3 Å². The molecule has 0 fully saturated rings. The Morgan fingerprint density at radius 3 is 2.22 bits per heavy atom. The summed E-state index contributed by atoms with van der Waals surface area (Å²) in [5.41, 5.74) is 1.56. The first kappa shape index (κ1) is 13.2. The molecule has 1 atom stereocenters. The quantitative estimate of drug-likeness (QED) is 0.684. The van der Waals surface area contributed by atoms with Crippen molar-refractivity contribution >= 4 is 5.57 Å². The van der Waals surface area contributed by atoms with Gasteiger partial charge in [0.2, 0.25) is 0 Å². The van der Waals surface area contributed by atoms with E-state index in [9.17, 15) is 13.2 Å². The molecule has 1 aromatic rings. The summed E-state index contributed by atoms with van der Waals surface area (Å²) in [5, 5.41) is 0. The molecule has 0 amide bonds. The normalized spacial score (nSPS) is 20.3. The highest BCUT2D eigenvalue weighted by atomic mass is 19.4. The molecule has 18 heavy (non-hydrogen) atoms. The summed E-state index contributed by atoms with van der Waals surface area (Å²) in [6, 6.07) is 5.53. The van der Waals surface area contributed by atoms with Crippen molar-refractivity contribution in [2.24, 2.45) is 11.8 Å². The third kappa shape index (κ3) is 2.60. The summed E-state index contributed by atoms with van der Waals surface area (Å²) in [6.07, 6.45) is 0.0422. The molecule has 0 aliphatic heterocycles. The van der Waals surface area contributed by atoms with Gasteiger partial charge in [-0.15, -0.1) is 0 Å². The van der Waals surface area contributed by atoms with Gasteiger partial charge >= 0.3 is 6.18 Å². The third-order valence-electron chi connectivity index (χ3n) is 3.59. The van der Waals surface area contributed by atoms with Gasteiger partial charge in [-0.05, 0) is 47.9 Å². The van der Waals surface area contributed by atoms with Crippen molar-refractivity contribution in [3.63, 3.8) is 0 Å². The lowest BCUT2D eigenvalue weighted by atomic mass is 9.86. The first-order chi connectivity index (χ1) is 8.39. The van der Waals surface area contributed by atoms with Gasteiger partial charge in [-0.1, -0.05) is 32.1 Å². The van der Waals surface area contributed by atoms with Crippen molar-refractivity contribution in [1.82, 2.24) is 0 Å². The summed E-state index contributed by atoms with van der Waals surface area (Å²) < 4.78 is 37.5. The van der Waals surface area contributed by atoms with E-state index in [1.807, 2.05) is 0 Å². The Balaban J connectivity index is 2.25. The standard InChI is InChI=1S/C15H17F3/c1-10(2)13-4-3-5-14(13)11-6-8-12(9-7-11)15(16,17)18/h5-10,13H,3-4H2,1-2H3. The summed E-state index contributed by atoms with van der Waals surface area (Å²) >= 11 is 0. The molecule has 98 valence electrons. The van der Waals surface area contributed by atoms with E-state index in [0.717, 1.165) is 18.4 Å². The van der Waals surface area contributed by atoms with E-state index in [0.29, 0.717) is 11.8 Å². The fraction of sp³-hybridized carbons (Fsp3) is 0.467. The smallest absolute Gasteiger partial charge is 0.166 e. The van der Waals surface area contributed by atoms with Crippen LogP contribution in [0.5, 0.6) is 0 Å². The zero-order valence-electron chi connectivity index (χ0n) is 10.6. The van der Waals surface area contributed by atoms with Crippen molar-refractivity contribution in [3.05, 3.63) is 41.5 Å². The van der Waals surface area contributed by atoms with Crippen LogP contribution in [0.1, 0.15) is 37.8 Å². The van der Waals surface area contributed by atoms with E-state index < -0.39 is 11.7 Å². The van der Waals surface area contributed by atoms with Crippen LogP contribution in [0.3, 0.4) is 0 Å². The Morgan fingerprint density at radius 1 is 1.11 bits per heavy atom. The second-order valence-electron chi connectivity index (χ2n) is 5.16. The van der Waals surface area contributed by atoms with Crippen LogP contribution in [0.25, 0.3) is 5.57 Å². The molecule has 0 saturated heterocycles. The van der Waals surface area contributed by atoms with Crippen LogP contribution in [0.4, 0.5) is 13.2 Å². The number of allylic oxidation sites excluding steroid dienone is 2. The Kier molecular flexibility index (Phi) is 3.51. The molecule has 0 aromatic heterocycles.